The first kappa shape index (κ1) is 16.4. The third-order valence-corrected chi connectivity index (χ3v) is 5.22. The zero-order valence-corrected chi connectivity index (χ0v) is 14.3. The molecule has 0 aromatic heterocycles. The Hall–Kier alpha value is 0.390. The highest BCUT2D eigenvalue weighted by atomic mass is 79.9. The van der Waals surface area contributed by atoms with E-state index in [4.69, 9.17) is 0 Å². The van der Waals surface area contributed by atoms with Crippen molar-refractivity contribution in [3.05, 3.63) is 0 Å². The highest BCUT2D eigenvalue weighted by molar-refractivity contribution is 9.09. The van der Waals surface area contributed by atoms with Gasteiger partial charge in [0.2, 0.25) is 10.0 Å². The van der Waals surface area contributed by atoms with E-state index in [1.54, 1.807) is 4.31 Å². The minimum absolute atomic E-state index is 0.272. The van der Waals surface area contributed by atoms with Crippen LogP contribution in [0.25, 0.3) is 0 Å². The summed E-state index contributed by atoms with van der Waals surface area (Å²) in [5, 5.41) is 0. The summed E-state index contributed by atoms with van der Waals surface area (Å²) in [5.41, 5.74) is 0.272. The number of halogens is 1. The van der Waals surface area contributed by atoms with Crippen LogP contribution in [-0.2, 0) is 10.0 Å². The van der Waals surface area contributed by atoms with E-state index in [0.29, 0.717) is 23.8 Å². The Morgan fingerprint density at radius 1 is 1.44 bits per heavy atom. The van der Waals surface area contributed by atoms with E-state index in [9.17, 15) is 8.42 Å². The molecule has 2 atom stereocenters. The lowest BCUT2D eigenvalue weighted by atomic mass is 9.77. The van der Waals surface area contributed by atoms with Gasteiger partial charge >= 0.3 is 0 Å². The SMILES string of the molecule is CC(Br)CC(C)(C)CC1CCCN(S(C)(=O)=O)C1. The molecule has 0 aliphatic carbocycles. The molecule has 1 saturated heterocycles. The van der Waals surface area contributed by atoms with Gasteiger partial charge in [-0.2, -0.15) is 0 Å². The van der Waals surface area contributed by atoms with Crippen molar-refractivity contribution < 1.29 is 8.42 Å². The number of nitrogens with zero attached hydrogens (tertiary/aromatic N) is 1. The fourth-order valence-electron chi connectivity index (χ4n) is 3.12. The minimum Gasteiger partial charge on any atom is -0.213 e. The highest BCUT2D eigenvalue weighted by Crippen LogP contribution is 2.36. The number of alkyl halides is 1. The van der Waals surface area contributed by atoms with Gasteiger partial charge in [-0.15, -0.1) is 0 Å². The molecule has 18 heavy (non-hydrogen) atoms. The van der Waals surface area contributed by atoms with Gasteiger partial charge in [0.1, 0.15) is 0 Å². The molecule has 0 aromatic carbocycles. The molecule has 0 bridgehead atoms. The van der Waals surface area contributed by atoms with Crippen LogP contribution in [-0.4, -0.2) is 36.9 Å². The third kappa shape index (κ3) is 5.57. The third-order valence-electron chi connectivity index (χ3n) is 3.63. The largest absolute Gasteiger partial charge is 0.213 e. The maximum Gasteiger partial charge on any atom is 0.211 e. The van der Waals surface area contributed by atoms with Gasteiger partial charge in [-0.05, 0) is 37.0 Å². The van der Waals surface area contributed by atoms with Crippen LogP contribution in [0, 0.1) is 11.3 Å². The second-order valence-corrected chi connectivity index (χ2v) is 10.0. The molecule has 0 N–H and O–H groups in total. The van der Waals surface area contributed by atoms with Crippen LogP contribution >= 0.6 is 15.9 Å². The number of rotatable bonds is 5. The molecule has 0 saturated carbocycles. The molecule has 0 amide bonds. The zero-order chi connectivity index (χ0) is 14.0. The maximum atomic E-state index is 11.6. The summed E-state index contributed by atoms with van der Waals surface area (Å²) >= 11 is 3.61. The van der Waals surface area contributed by atoms with E-state index < -0.39 is 10.0 Å². The summed E-state index contributed by atoms with van der Waals surface area (Å²) < 4.78 is 24.8. The second-order valence-electron chi connectivity index (χ2n) is 6.48. The summed E-state index contributed by atoms with van der Waals surface area (Å²) in [6.07, 6.45) is 5.71. The fraction of sp³-hybridized carbons (Fsp3) is 1.00. The summed E-state index contributed by atoms with van der Waals surface area (Å²) in [6, 6.07) is 0. The van der Waals surface area contributed by atoms with Crippen molar-refractivity contribution in [3.8, 4) is 0 Å². The van der Waals surface area contributed by atoms with Gasteiger partial charge in [0.25, 0.3) is 0 Å². The standard InChI is InChI=1S/C13H26BrNO2S/c1-11(14)8-13(2,3)9-12-6-5-7-15(10-12)18(4,16)17/h11-12H,5-10H2,1-4H3. The molecule has 1 fully saturated rings. The van der Waals surface area contributed by atoms with Crippen LogP contribution in [0.4, 0.5) is 0 Å². The maximum absolute atomic E-state index is 11.6. The van der Waals surface area contributed by atoms with E-state index >= 15 is 0 Å². The van der Waals surface area contributed by atoms with Crippen LogP contribution in [0.2, 0.25) is 0 Å². The van der Waals surface area contributed by atoms with E-state index in [2.05, 4.69) is 36.7 Å². The second kappa shape index (κ2) is 6.23. The molecular weight excluding hydrogens is 314 g/mol. The first-order valence-electron chi connectivity index (χ1n) is 6.69. The van der Waals surface area contributed by atoms with Crippen LogP contribution in [0.1, 0.15) is 46.5 Å². The van der Waals surface area contributed by atoms with Crippen molar-refractivity contribution in [3.63, 3.8) is 0 Å². The first-order chi connectivity index (χ1) is 8.10. The molecule has 108 valence electrons. The van der Waals surface area contributed by atoms with Crippen LogP contribution in [0.3, 0.4) is 0 Å². The molecule has 1 rings (SSSR count). The lowest BCUT2D eigenvalue weighted by Gasteiger charge is -2.36. The highest BCUT2D eigenvalue weighted by Gasteiger charge is 2.30. The van der Waals surface area contributed by atoms with Gasteiger partial charge in [0.15, 0.2) is 0 Å². The lowest BCUT2D eigenvalue weighted by Crippen LogP contribution is -2.40. The van der Waals surface area contributed by atoms with Gasteiger partial charge < -0.3 is 0 Å². The average molecular weight is 340 g/mol. The van der Waals surface area contributed by atoms with Gasteiger partial charge in [0, 0.05) is 17.9 Å². The Labute approximate surface area is 121 Å². The zero-order valence-electron chi connectivity index (χ0n) is 11.9. The fourth-order valence-corrected chi connectivity index (χ4v) is 4.94. The minimum atomic E-state index is -3.01. The Bertz CT molecular complexity index is 365. The summed E-state index contributed by atoms with van der Waals surface area (Å²) in [4.78, 5) is 0.516. The van der Waals surface area contributed by atoms with Gasteiger partial charge in [-0.3, -0.25) is 0 Å². The first-order valence-corrected chi connectivity index (χ1v) is 9.46. The van der Waals surface area contributed by atoms with Crippen molar-refractivity contribution in [1.82, 2.24) is 4.31 Å². The smallest absolute Gasteiger partial charge is 0.211 e. The average Bonchev–Trinajstić information content (AvgIpc) is 2.13. The molecule has 3 nitrogen and oxygen atoms in total. The molecule has 1 heterocycles. The topological polar surface area (TPSA) is 37.4 Å². The molecule has 1 aliphatic heterocycles. The van der Waals surface area contributed by atoms with Gasteiger partial charge in [-0.1, -0.05) is 36.7 Å². The predicted molar refractivity (Wildman–Crippen MR) is 80.5 cm³/mol. The van der Waals surface area contributed by atoms with Crippen molar-refractivity contribution in [1.29, 1.82) is 0 Å². The monoisotopic (exact) mass is 339 g/mol. The van der Waals surface area contributed by atoms with Crippen LogP contribution < -0.4 is 0 Å². The van der Waals surface area contributed by atoms with E-state index in [0.717, 1.165) is 25.7 Å². The number of hydrogen-bond donors (Lipinski definition) is 0. The molecule has 2 unspecified atom stereocenters. The van der Waals surface area contributed by atoms with Crippen molar-refractivity contribution in [2.75, 3.05) is 19.3 Å². The normalized spacial score (nSPS) is 25.1. The molecule has 1 aliphatic rings. The molecule has 5 heteroatoms. The predicted octanol–water partition coefficient (Wildman–Crippen LogP) is 3.25. The summed E-state index contributed by atoms with van der Waals surface area (Å²) in [5.74, 6) is 0.509. The summed E-state index contributed by atoms with van der Waals surface area (Å²) in [7, 11) is -3.01. The Balaban J connectivity index is 2.57. The van der Waals surface area contributed by atoms with Gasteiger partial charge in [0.05, 0.1) is 6.26 Å². The molecular formula is C13H26BrNO2S. The molecule has 0 radical (unpaired) electrons. The van der Waals surface area contributed by atoms with Gasteiger partial charge in [-0.25, -0.2) is 12.7 Å². The number of sulfonamides is 1. The van der Waals surface area contributed by atoms with Crippen LogP contribution in [0.5, 0.6) is 0 Å². The molecule has 0 spiro atoms. The lowest BCUT2D eigenvalue weighted by molar-refractivity contribution is 0.182. The van der Waals surface area contributed by atoms with Crippen molar-refractivity contribution in [2.45, 2.75) is 51.3 Å². The van der Waals surface area contributed by atoms with E-state index in [1.807, 2.05) is 0 Å². The van der Waals surface area contributed by atoms with Crippen LogP contribution in [0.15, 0.2) is 0 Å². The molecule has 0 aromatic rings. The van der Waals surface area contributed by atoms with Crippen molar-refractivity contribution >= 4 is 26.0 Å². The Morgan fingerprint density at radius 3 is 2.56 bits per heavy atom. The van der Waals surface area contributed by atoms with E-state index in [-0.39, 0.29) is 5.41 Å². The Morgan fingerprint density at radius 2 is 2.06 bits per heavy atom. The van der Waals surface area contributed by atoms with E-state index in [1.165, 1.54) is 6.26 Å². The Kier molecular flexibility index (Phi) is 5.69. The van der Waals surface area contributed by atoms with Crippen molar-refractivity contribution in [2.24, 2.45) is 11.3 Å². The number of piperidine rings is 1. The summed E-state index contributed by atoms with van der Waals surface area (Å²) in [6.45, 7) is 8.14. The number of hydrogen-bond acceptors (Lipinski definition) is 2. The quantitative estimate of drug-likeness (QED) is 0.721.